The van der Waals surface area contributed by atoms with Gasteiger partial charge in [0.25, 0.3) is 0 Å². The zero-order valence-corrected chi connectivity index (χ0v) is 9.39. The lowest BCUT2D eigenvalue weighted by Gasteiger charge is -2.28. The Labute approximate surface area is 88.0 Å². The molecule has 0 aromatic carbocycles. The molecule has 1 N–H and O–H groups in total. The average molecular weight is 193 g/mol. The van der Waals surface area contributed by atoms with E-state index in [1.807, 2.05) is 0 Å². The SMILES string of the molecule is CC1CCCC(C=C2CCCCC2)N1. The topological polar surface area (TPSA) is 12.0 Å². The van der Waals surface area contributed by atoms with E-state index in [1.165, 1.54) is 51.4 Å². The second-order valence-electron chi connectivity index (χ2n) is 4.99. The van der Waals surface area contributed by atoms with Crippen LogP contribution in [0, 0.1) is 0 Å². The molecule has 2 fully saturated rings. The van der Waals surface area contributed by atoms with Gasteiger partial charge in [-0.3, -0.25) is 0 Å². The summed E-state index contributed by atoms with van der Waals surface area (Å²) in [4.78, 5) is 0. The molecular weight excluding hydrogens is 170 g/mol. The fourth-order valence-electron chi connectivity index (χ4n) is 2.76. The normalized spacial score (nSPS) is 34.2. The monoisotopic (exact) mass is 193 g/mol. The van der Waals surface area contributed by atoms with Gasteiger partial charge in [-0.1, -0.05) is 24.5 Å². The summed E-state index contributed by atoms with van der Waals surface area (Å²) in [6, 6.07) is 1.42. The van der Waals surface area contributed by atoms with E-state index in [4.69, 9.17) is 0 Å². The van der Waals surface area contributed by atoms with Crippen LogP contribution in [0.25, 0.3) is 0 Å². The Kier molecular flexibility index (Phi) is 3.63. The van der Waals surface area contributed by atoms with Crippen LogP contribution in [0.5, 0.6) is 0 Å². The van der Waals surface area contributed by atoms with Crippen LogP contribution >= 0.6 is 0 Å². The van der Waals surface area contributed by atoms with Gasteiger partial charge in [0.2, 0.25) is 0 Å². The van der Waals surface area contributed by atoms with Crippen LogP contribution in [0.2, 0.25) is 0 Å². The van der Waals surface area contributed by atoms with E-state index in [2.05, 4.69) is 18.3 Å². The first-order chi connectivity index (χ1) is 6.84. The van der Waals surface area contributed by atoms with Gasteiger partial charge in [-0.15, -0.1) is 0 Å². The van der Waals surface area contributed by atoms with Gasteiger partial charge in [0, 0.05) is 12.1 Å². The fraction of sp³-hybridized carbons (Fsp3) is 0.846. The third-order valence-electron chi connectivity index (χ3n) is 3.58. The Morgan fingerprint density at radius 3 is 2.57 bits per heavy atom. The molecule has 2 atom stereocenters. The van der Waals surface area contributed by atoms with Crippen molar-refractivity contribution >= 4 is 0 Å². The number of allylic oxidation sites excluding steroid dienone is 1. The predicted octanol–water partition coefficient (Wildman–Crippen LogP) is 3.41. The molecule has 0 bridgehead atoms. The molecule has 0 radical (unpaired) electrons. The van der Waals surface area contributed by atoms with Crippen molar-refractivity contribution in [1.29, 1.82) is 0 Å². The molecule has 1 aliphatic carbocycles. The summed E-state index contributed by atoms with van der Waals surface area (Å²) in [5.41, 5.74) is 1.72. The molecular formula is C13H23N. The molecule has 80 valence electrons. The summed E-state index contributed by atoms with van der Waals surface area (Å²) in [6.07, 6.45) is 13.7. The van der Waals surface area contributed by atoms with Gasteiger partial charge < -0.3 is 5.32 Å². The van der Waals surface area contributed by atoms with Crippen LogP contribution in [0.3, 0.4) is 0 Å². The van der Waals surface area contributed by atoms with E-state index < -0.39 is 0 Å². The first kappa shape index (κ1) is 10.2. The van der Waals surface area contributed by atoms with Crippen molar-refractivity contribution in [3.05, 3.63) is 11.6 Å². The number of piperidine rings is 1. The van der Waals surface area contributed by atoms with Crippen molar-refractivity contribution in [1.82, 2.24) is 5.32 Å². The lowest BCUT2D eigenvalue weighted by atomic mass is 9.91. The minimum Gasteiger partial charge on any atom is -0.308 e. The lowest BCUT2D eigenvalue weighted by Crippen LogP contribution is -2.39. The summed E-state index contributed by atoms with van der Waals surface area (Å²) in [5.74, 6) is 0. The quantitative estimate of drug-likeness (QED) is 0.629. The maximum absolute atomic E-state index is 3.69. The second kappa shape index (κ2) is 4.97. The third kappa shape index (κ3) is 2.84. The molecule has 0 spiro atoms. The van der Waals surface area contributed by atoms with Crippen LogP contribution in [-0.4, -0.2) is 12.1 Å². The van der Waals surface area contributed by atoms with Gasteiger partial charge in [-0.05, 0) is 45.4 Å². The highest BCUT2D eigenvalue weighted by Crippen LogP contribution is 2.24. The number of nitrogens with one attached hydrogen (secondary N) is 1. The summed E-state index contributed by atoms with van der Waals surface area (Å²) in [7, 11) is 0. The number of rotatable bonds is 1. The van der Waals surface area contributed by atoms with E-state index in [0.717, 1.165) is 6.04 Å². The molecule has 14 heavy (non-hydrogen) atoms. The van der Waals surface area contributed by atoms with Crippen LogP contribution in [0.1, 0.15) is 58.3 Å². The average Bonchev–Trinajstić information content (AvgIpc) is 2.19. The van der Waals surface area contributed by atoms with E-state index in [-0.39, 0.29) is 0 Å². The van der Waals surface area contributed by atoms with Crippen LogP contribution in [0.15, 0.2) is 11.6 Å². The fourth-order valence-corrected chi connectivity index (χ4v) is 2.76. The van der Waals surface area contributed by atoms with E-state index in [0.29, 0.717) is 6.04 Å². The van der Waals surface area contributed by atoms with Crippen molar-refractivity contribution in [2.75, 3.05) is 0 Å². The van der Waals surface area contributed by atoms with Gasteiger partial charge in [-0.25, -0.2) is 0 Å². The minimum atomic E-state index is 0.687. The van der Waals surface area contributed by atoms with Crippen LogP contribution in [0.4, 0.5) is 0 Å². The number of hydrogen-bond donors (Lipinski definition) is 1. The second-order valence-corrected chi connectivity index (χ2v) is 4.99. The zero-order chi connectivity index (χ0) is 9.80. The van der Waals surface area contributed by atoms with Gasteiger partial charge >= 0.3 is 0 Å². The standard InChI is InChI=1S/C13H23N/c1-11-6-5-9-13(14-11)10-12-7-3-2-4-8-12/h10-11,13-14H,2-9H2,1H3. The van der Waals surface area contributed by atoms with E-state index in [1.54, 1.807) is 5.57 Å². The molecule has 1 nitrogen and oxygen atoms in total. The van der Waals surface area contributed by atoms with Gasteiger partial charge in [0.15, 0.2) is 0 Å². The highest BCUT2D eigenvalue weighted by atomic mass is 14.9. The van der Waals surface area contributed by atoms with Crippen molar-refractivity contribution < 1.29 is 0 Å². The molecule has 1 heteroatoms. The first-order valence-electron chi connectivity index (χ1n) is 6.30. The van der Waals surface area contributed by atoms with Crippen molar-refractivity contribution in [2.24, 2.45) is 0 Å². The maximum atomic E-state index is 3.69. The molecule has 0 aromatic heterocycles. The predicted molar refractivity (Wildman–Crippen MR) is 61.4 cm³/mol. The van der Waals surface area contributed by atoms with Crippen molar-refractivity contribution in [2.45, 2.75) is 70.4 Å². The van der Waals surface area contributed by atoms with Gasteiger partial charge in [0.05, 0.1) is 0 Å². The molecule has 1 aliphatic heterocycles. The molecule has 0 aromatic rings. The highest BCUT2D eigenvalue weighted by Gasteiger charge is 2.16. The summed E-state index contributed by atoms with van der Waals surface area (Å²) < 4.78 is 0. The molecule has 2 rings (SSSR count). The smallest absolute Gasteiger partial charge is 0.0255 e. The Hall–Kier alpha value is -0.300. The number of hydrogen-bond acceptors (Lipinski definition) is 1. The Morgan fingerprint density at radius 1 is 1.07 bits per heavy atom. The Morgan fingerprint density at radius 2 is 1.86 bits per heavy atom. The summed E-state index contributed by atoms with van der Waals surface area (Å²) in [5, 5.41) is 3.69. The molecule has 2 aliphatic rings. The molecule has 0 amide bonds. The molecule has 2 unspecified atom stereocenters. The molecule has 1 saturated carbocycles. The van der Waals surface area contributed by atoms with E-state index in [9.17, 15) is 0 Å². The van der Waals surface area contributed by atoms with E-state index >= 15 is 0 Å². The summed E-state index contributed by atoms with van der Waals surface area (Å²) in [6.45, 7) is 2.31. The molecule has 1 saturated heterocycles. The molecule has 1 heterocycles. The van der Waals surface area contributed by atoms with Crippen LogP contribution < -0.4 is 5.32 Å². The minimum absolute atomic E-state index is 0.687. The van der Waals surface area contributed by atoms with Crippen LogP contribution in [-0.2, 0) is 0 Å². The highest BCUT2D eigenvalue weighted by molar-refractivity contribution is 5.09. The van der Waals surface area contributed by atoms with Crippen molar-refractivity contribution in [3.8, 4) is 0 Å². The zero-order valence-electron chi connectivity index (χ0n) is 9.39. The Balaban J connectivity index is 1.87. The Bertz CT molecular complexity index is 199. The van der Waals surface area contributed by atoms with Gasteiger partial charge in [-0.2, -0.15) is 0 Å². The largest absolute Gasteiger partial charge is 0.308 e. The summed E-state index contributed by atoms with van der Waals surface area (Å²) >= 11 is 0. The lowest BCUT2D eigenvalue weighted by molar-refractivity contribution is 0.372. The van der Waals surface area contributed by atoms with Gasteiger partial charge in [0.1, 0.15) is 0 Å². The third-order valence-corrected chi connectivity index (χ3v) is 3.58. The maximum Gasteiger partial charge on any atom is 0.0255 e. The van der Waals surface area contributed by atoms with Crippen molar-refractivity contribution in [3.63, 3.8) is 0 Å². The first-order valence-corrected chi connectivity index (χ1v) is 6.30.